The zero-order valence-electron chi connectivity index (χ0n) is 16.2. The summed E-state index contributed by atoms with van der Waals surface area (Å²) in [4.78, 5) is 38.6. The Bertz CT molecular complexity index is 941. The molecule has 1 aromatic heterocycles. The van der Waals surface area contributed by atoms with E-state index >= 15 is 0 Å². The summed E-state index contributed by atoms with van der Waals surface area (Å²) in [6, 6.07) is 9.00. The first-order valence-corrected chi connectivity index (χ1v) is 10.5. The van der Waals surface area contributed by atoms with Crippen LogP contribution in [-0.2, 0) is 33.7 Å². The van der Waals surface area contributed by atoms with Crippen molar-refractivity contribution in [2.45, 2.75) is 44.7 Å². The van der Waals surface area contributed by atoms with Gasteiger partial charge < -0.3 is 10.1 Å². The quantitative estimate of drug-likeness (QED) is 0.736. The number of benzene rings is 1. The van der Waals surface area contributed by atoms with Gasteiger partial charge in [0.2, 0.25) is 11.8 Å². The number of anilines is 1. The molecule has 2 aliphatic rings. The number of thiophene rings is 1. The van der Waals surface area contributed by atoms with Crippen LogP contribution in [0.5, 0.6) is 0 Å². The average Bonchev–Trinajstić information content (AvgIpc) is 3.27. The first-order valence-electron chi connectivity index (χ1n) is 9.70. The van der Waals surface area contributed by atoms with Gasteiger partial charge in [-0.25, -0.2) is 9.80 Å². The fourth-order valence-corrected chi connectivity index (χ4v) is 5.18. The number of aryl methyl sites for hydroxylation is 1. The summed E-state index contributed by atoms with van der Waals surface area (Å²) < 4.78 is 4.97. The zero-order chi connectivity index (χ0) is 20.4. The molecule has 1 aromatic carbocycles. The molecule has 1 fully saturated rings. The second kappa shape index (κ2) is 8.34. The van der Waals surface area contributed by atoms with Crippen molar-refractivity contribution >= 4 is 34.1 Å². The fourth-order valence-electron chi connectivity index (χ4n) is 3.90. The number of hydrogen-bond acceptors (Lipinski definition) is 6. The number of ether oxygens (including phenoxy) is 1. The Morgan fingerprint density at radius 2 is 2.00 bits per heavy atom. The predicted octanol–water partition coefficient (Wildman–Crippen LogP) is 2.66. The highest BCUT2D eigenvalue weighted by Gasteiger charge is 2.37. The third-order valence-electron chi connectivity index (χ3n) is 5.32. The van der Waals surface area contributed by atoms with Crippen molar-refractivity contribution in [3.63, 3.8) is 0 Å². The molecule has 0 radical (unpaired) electrons. The predicted molar refractivity (Wildman–Crippen MR) is 109 cm³/mol. The Kier molecular flexibility index (Phi) is 5.64. The van der Waals surface area contributed by atoms with Crippen molar-refractivity contribution in [3.05, 3.63) is 51.9 Å². The minimum absolute atomic E-state index is 0.0807. The Balaban J connectivity index is 1.56. The van der Waals surface area contributed by atoms with Crippen molar-refractivity contribution in [2.24, 2.45) is 0 Å². The molecular weight excluding hydrogens is 390 g/mol. The van der Waals surface area contributed by atoms with Crippen LogP contribution in [0, 0.1) is 0 Å². The number of hydrazine groups is 1. The van der Waals surface area contributed by atoms with E-state index in [1.54, 1.807) is 5.01 Å². The van der Waals surface area contributed by atoms with Crippen molar-refractivity contribution in [1.29, 1.82) is 0 Å². The highest BCUT2D eigenvalue weighted by molar-refractivity contribution is 7.17. The van der Waals surface area contributed by atoms with Gasteiger partial charge in [0.25, 0.3) is 0 Å². The van der Waals surface area contributed by atoms with E-state index in [1.165, 1.54) is 18.4 Å². The first-order chi connectivity index (χ1) is 14.1. The number of fused-ring (bicyclic) bond motifs is 1. The lowest BCUT2D eigenvalue weighted by Crippen LogP contribution is -2.43. The number of nitrogens with zero attached hydrogens (tertiary/aromatic N) is 1. The SMILES string of the molecule is COC(=O)c1c(NC(=O)[C@H]2CC(=O)NN2Cc2ccccc2)sc2c1CCCC2. The summed E-state index contributed by atoms with van der Waals surface area (Å²) in [7, 11) is 1.35. The van der Waals surface area contributed by atoms with Crippen LogP contribution in [0.3, 0.4) is 0 Å². The van der Waals surface area contributed by atoms with E-state index in [1.807, 2.05) is 30.3 Å². The first kappa shape index (κ1) is 19.6. The molecule has 0 saturated carbocycles. The molecule has 8 heteroatoms. The van der Waals surface area contributed by atoms with Gasteiger partial charge in [-0.05, 0) is 36.8 Å². The van der Waals surface area contributed by atoms with Crippen LogP contribution in [-0.4, -0.2) is 35.9 Å². The van der Waals surface area contributed by atoms with Crippen molar-refractivity contribution in [3.8, 4) is 0 Å². The van der Waals surface area contributed by atoms with Gasteiger partial charge in [0.05, 0.1) is 19.1 Å². The molecule has 2 amide bonds. The summed E-state index contributed by atoms with van der Waals surface area (Å²) in [5.74, 6) is -0.927. The maximum atomic E-state index is 13.0. The Hall–Kier alpha value is -2.71. The Morgan fingerprint density at radius 1 is 1.24 bits per heavy atom. The summed E-state index contributed by atoms with van der Waals surface area (Å²) >= 11 is 1.44. The maximum absolute atomic E-state index is 13.0. The molecule has 29 heavy (non-hydrogen) atoms. The van der Waals surface area contributed by atoms with Gasteiger partial charge in [-0.15, -0.1) is 11.3 Å². The number of carbonyl (C=O) groups is 3. The summed E-state index contributed by atoms with van der Waals surface area (Å²) in [6.07, 6.45) is 3.90. The standard InChI is InChI=1S/C21H23N3O4S/c1-28-21(27)18-14-9-5-6-10-16(14)29-20(18)22-19(26)15-11-17(25)23-24(15)12-13-7-3-2-4-8-13/h2-4,7-8,15H,5-6,9-12H2,1H3,(H,22,26)(H,23,25)/t15-/m1/s1. The number of methoxy groups -OCH3 is 1. The molecule has 0 bridgehead atoms. The number of esters is 1. The lowest BCUT2D eigenvalue weighted by atomic mass is 9.95. The van der Waals surface area contributed by atoms with Crippen LogP contribution in [0.2, 0.25) is 0 Å². The van der Waals surface area contributed by atoms with Crippen LogP contribution >= 0.6 is 11.3 Å². The molecule has 0 unspecified atom stereocenters. The monoisotopic (exact) mass is 413 g/mol. The average molecular weight is 413 g/mol. The Morgan fingerprint density at radius 3 is 2.76 bits per heavy atom. The lowest BCUT2D eigenvalue weighted by molar-refractivity contribution is -0.121. The number of rotatable bonds is 5. The lowest BCUT2D eigenvalue weighted by Gasteiger charge is -2.22. The molecule has 2 heterocycles. The molecule has 2 N–H and O–H groups in total. The fraction of sp³-hybridized carbons (Fsp3) is 0.381. The van der Waals surface area contributed by atoms with Crippen LogP contribution in [0.4, 0.5) is 5.00 Å². The molecule has 1 aliphatic carbocycles. The molecule has 2 aromatic rings. The summed E-state index contributed by atoms with van der Waals surface area (Å²) in [5.41, 5.74) is 5.21. The largest absolute Gasteiger partial charge is 0.465 e. The van der Waals surface area contributed by atoms with E-state index in [4.69, 9.17) is 4.74 Å². The number of hydrogen-bond donors (Lipinski definition) is 2. The van der Waals surface area contributed by atoms with Crippen LogP contribution in [0.15, 0.2) is 30.3 Å². The van der Waals surface area contributed by atoms with Gasteiger partial charge in [-0.3, -0.25) is 15.0 Å². The number of amides is 2. The molecule has 0 spiro atoms. The maximum Gasteiger partial charge on any atom is 0.341 e. The van der Waals surface area contributed by atoms with E-state index in [2.05, 4.69) is 10.7 Å². The van der Waals surface area contributed by atoms with E-state index in [0.29, 0.717) is 17.1 Å². The number of carbonyl (C=O) groups excluding carboxylic acids is 3. The second-order valence-corrected chi connectivity index (χ2v) is 8.37. The van der Waals surface area contributed by atoms with Gasteiger partial charge in [-0.2, -0.15) is 0 Å². The van der Waals surface area contributed by atoms with Crippen LogP contribution in [0.25, 0.3) is 0 Å². The van der Waals surface area contributed by atoms with Gasteiger partial charge >= 0.3 is 5.97 Å². The van der Waals surface area contributed by atoms with E-state index in [-0.39, 0.29) is 18.2 Å². The smallest absolute Gasteiger partial charge is 0.341 e. The molecule has 1 atom stereocenters. The zero-order valence-corrected chi connectivity index (χ0v) is 17.0. The third kappa shape index (κ3) is 4.04. The van der Waals surface area contributed by atoms with Crippen molar-refractivity contribution < 1.29 is 19.1 Å². The van der Waals surface area contributed by atoms with Gasteiger partial charge in [0, 0.05) is 11.4 Å². The third-order valence-corrected chi connectivity index (χ3v) is 6.53. The minimum Gasteiger partial charge on any atom is -0.465 e. The Labute approximate surface area is 173 Å². The normalized spacial score (nSPS) is 18.8. The topological polar surface area (TPSA) is 87.7 Å². The summed E-state index contributed by atoms with van der Waals surface area (Å²) in [5, 5.41) is 5.08. The molecule has 1 saturated heterocycles. The van der Waals surface area contributed by atoms with Crippen LogP contribution < -0.4 is 10.7 Å². The van der Waals surface area contributed by atoms with Crippen molar-refractivity contribution in [1.82, 2.24) is 10.4 Å². The molecular formula is C21H23N3O4S. The second-order valence-electron chi connectivity index (χ2n) is 7.26. The highest BCUT2D eigenvalue weighted by Crippen LogP contribution is 2.38. The van der Waals surface area contributed by atoms with E-state index < -0.39 is 12.0 Å². The molecule has 4 rings (SSSR count). The summed E-state index contributed by atoms with van der Waals surface area (Å²) in [6.45, 7) is 0.426. The van der Waals surface area contributed by atoms with Gasteiger partial charge in [0.1, 0.15) is 11.0 Å². The molecule has 7 nitrogen and oxygen atoms in total. The van der Waals surface area contributed by atoms with Gasteiger partial charge in [-0.1, -0.05) is 30.3 Å². The highest BCUT2D eigenvalue weighted by atomic mass is 32.1. The van der Waals surface area contributed by atoms with E-state index in [9.17, 15) is 14.4 Å². The number of nitrogens with one attached hydrogen (secondary N) is 2. The van der Waals surface area contributed by atoms with Gasteiger partial charge in [0.15, 0.2) is 0 Å². The molecule has 152 valence electrons. The van der Waals surface area contributed by atoms with Crippen molar-refractivity contribution in [2.75, 3.05) is 12.4 Å². The van der Waals surface area contributed by atoms with E-state index in [0.717, 1.165) is 41.7 Å². The minimum atomic E-state index is -0.646. The van der Waals surface area contributed by atoms with Crippen LogP contribution in [0.1, 0.15) is 45.6 Å². The molecule has 1 aliphatic heterocycles.